The van der Waals surface area contributed by atoms with Crippen molar-refractivity contribution in [2.45, 2.75) is 57.1 Å². The molecule has 0 radical (unpaired) electrons. The summed E-state index contributed by atoms with van der Waals surface area (Å²) in [4.78, 5) is 21.1. The van der Waals surface area contributed by atoms with Crippen LogP contribution in [0.3, 0.4) is 0 Å². The Kier molecular flexibility index (Phi) is 6.60. The molecular weight excluding hydrogens is 451 g/mol. The van der Waals surface area contributed by atoms with E-state index < -0.39 is 42.3 Å². The number of aliphatic hydroxyl groups is 1. The van der Waals surface area contributed by atoms with E-state index in [2.05, 4.69) is 31.0 Å². The van der Waals surface area contributed by atoms with Gasteiger partial charge in [0.15, 0.2) is 17.3 Å². The lowest BCUT2D eigenvalue weighted by Gasteiger charge is -2.23. The van der Waals surface area contributed by atoms with Crippen molar-refractivity contribution < 1.29 is 23.1 Å². The molecular formula is C22H26F3N7O2. The first-order valence-corrected chi connectivity index (χ1v) is 10.9. The Hall–Kier alpha value is -3.41. The summed E-state index contributed by atoms with van der Waals surface area (Å²) in [6.07, 6.45) is 2.77. The number of nitrogens with zero attached hydrogens (tertiary/aromatic N) is 4. The molecule has 34 heavy (non-hydrogen) atoms. The van der Waals surface area contributed by atoms with Crippen LogP contribution in [0.2, 0.25) is 0 Å². The molecule has 4 N–H and O–H groups in total. The summed E-state index contributed by atoms with van der Waals surface area (Å²) in [5, 5.41) is 21.9. The van der Waals surface area contributed by atoms with Crippen LogP contribution >= 0.6 is 0 Å². The Morgan fingerprint density at radius 1 is 1.38 bits per heavy atom. The Labute approximate surface area is 193 Å². The van der Waals surface area contributed by atoms with E-state index in [1.165, 1.54) is 36.8 Å². The number of fused-ring (bicyclic) bond motifs is 1. The third-order valence-electron chi connectivity index (χ3n) is 5.71. The molecule has 9 nitrogen and oxygen atoms in total. The molecule has 1 aliphatic carbocycles. The lowest BCUT2D eigenvalue weighted by Crippen LogP contribution is -2.42. The zero-order chi connectivity index (χ0) is 24.5. The maximum Gasteiger partial charge on any atom is 0.255 e. The predicted molar refractivity (Wildman–Crippen MR) is 120 cm³/mol. The number of amides is 1. The lowest BCUT2D eigenvalue weighted by atomic mass is 10.0. The van der Waals surface area contributed by atoms with Gasteiger partial charge in [-0.1, -0.05) is 0 Å². The maximum atomic E-state index is 14.4. The third-order valence-corrected chi connectivity index (χ3v) is 5.71. The van der Waals surface area contributed by atoms with E-state index in [0.29, 0.717) is 24.9 Å². The van der Waals surface area contributed by atoms with E-state index in [9.17, 15) is 23.1 Å². The monoisotopic (exact) mass is 477 g/mol. The number of anilines is 3. The van der Waals surface area contributed by atoms with Gasteiger partial charge in [-0.2, -0.15) is 5.10 Å². The number of pyridine rings is 1. The molecule has 0 spiro atoms. The zero-order valence-corrected chi connectivity index (χ0v) is 18.7. The summed E-state index contributed by atoms with van der Waals surface area (Å²) in [7, 11) is 0. The molecule has 1 saturated carbocycles. The highest BCUT2D eigenvalue weighted by Gasteiger charge is 2.30. The van der Waals surface area contributed by atoms with Gasteiger partial charge < -0.3 is 21.1 Å². The van der Waals surface area contributed by atoms with E-state index in [4.69, 9.17) is 0 Å². The molecule has 1 aliphatic rings. The molecule has 0 saturated heterocycles. The van der Waals surface area contributed by atoms with Crippen molar-refractivity contribution >= 4 is 28.9 Å². The predicted octanol–water partition coefficient (Wildman–Crippen LogP) is 3.15. The van der Waals surface area contributed by atoms with Crippen LogP contribution in [0.15, 0.2) is 30.7 Å². The summed E-state index contributed by atoms with van der Waals surface area (Å²) in [6.45, 7) is 2.18. The molecule has 0 bridgehead atoms. The summed E-state index contributed by atoms with van der Waals surface area (Å²) in [6, 6.07) is 2.54. The van der Waals surface area contributed by atoms with Gasteiger partial charge in [-0.25, -0.2) is 27.7 Å². The standard InChI is InChI=1S/C22H26F3N7O2/c1-22(2,34)17(25)10-27-21(33)12-9-26-18(8-16(12)29-15-5-3-4-13(15)23)30-20-14(24)11-32-19(31-20)6-7-28-32/h6-9,11,13,15,17,34H,3-5,10H2,1-2H3,(H,27,33)(H2,26,29,30,31)/t13-,15+,17-/m1/s1. The van der Waals surface area contributed by atoms with Gasteiger partial charge in [0, 0.05) is 18.3 Å². The number of hydrogen-bond acceptors (Lipinski definition) is 7. The minimum atomic E-state index is -1.70. The molecule has 1 amide bonds. The van der Waals surface area contributed by atoms with Gasteiger partial charge >= 0.3 is 0 Å². The smallest absolute Gasteiger partial charge is 0.255 e. The third kappa shape index (κ3) is 5.22. The molecule has 3 aromatic rings. The number of nitrogens with one attached hydrogen (secondary N) is 3. The van der Waals surface area contributed by atoms with Gasteiger partial charge in [0.2, 0.25) is 0 Å². The van der Waals surface area contributed by atoms with Crippen molar-refractivity contribution in [1.82, 2.24) is 24.9 Å². The minimum absolute atomic E-state index is 0.0623. The van der Waals surface area contributed by atoms with E-state index >= 15 is 0 Å². The SMILES string of the molecule is CC(C)(O)[C@H](F)CNC(=O)c1cnc(Nc2nc3ccnn3cc2F)cc1N[C@H]1CCC[C@H]1F. The number of carbonyl (C=O) groups is 1. The molecule has 1 fully saturated rings. The van der Waals surface area contributed by atoms with Crippen molar-refractivity contribution in [3.8, 4) is 0 Å². The largest absolute Gasteiger partial charge is 0.387 e. The number of aromatic nitrogens is 4. The normalized spacial score (nSPS) is 19.2. The number of alkyl halides is 2. The molecule has 3 aromatic heterocycles. The van der Waals surface area contributed by atoms with Crippen LogP contribution in [-0.4, -0.2) is 61.1 Å². The second-order valence-electron chi connectivity index (χ2n) is 8.84. The van der Waals surface area contributed by atoms with Gasteiger partial charge in [0.1, 0.15) is 18.2 Å². The van der Waals surface area contributed by atoms with E-state index in [1.54, 1.807) is 6.07 Å². The van der Waals surface area contributed by atoms with E-state index in [-0.39, 0.29) is 22.9 Å². The second-order valence-corrected chi connectivity index (χ2v) is 8.84. The zero-order valence-electron chi connectivity index (χ0n) is 18.7. The Morgan fingerprint density at radius 3 is 2.88 bits per heavy atom. The van der Waals surface area contributed by atoms with Crippen LogP contribution in [0.25, 0.3) is 5.65 Å². The first kappa shape index (κ1) is 23.7. The number of halogens is 3. The first-order valence-electron chi connectivity index (χ1n) is 10.9. The summed E-state index contributed by atoms with van der Waals surface area (Å²) in [5.41, 5.74) is -0.891. The van der Waals surface area contributed by atoms with E-state index in [0.717, 1.165) is 6.20 Å². The van der Waals surface area contributed by atoms with Crippen LogP contribution in [0, 0.1) is 5.82 Å². The summed E-state index contributed by atoms with van der Waals surface area (Å²) < 4.78 is 44.1. The van der Waals surface area contributed by atoms with Gasteiger partial charge in [0.05, 0.1) is 41.8 Å². The van der Waals surface area contributed by atoms with Gasteiger partial charge in [-0.05, 0) is 33.1 Å². The van der Waals surface area contributed by atoms with Crippen LogP contribution in [0.5, 0.6) is 0 Å². The van der Waals surface area contributed by atoms with Crippen LogP contribution < -0.4 is 16.0 Å². The minimum Gasteiger partial charge on any atom is -0.387 e. The highest BCUT2D eigenvalue weighted by Crippen LogP contribution is 2.29. The fourth-order valence-electron chi connectivity index (χ4n) is 3.67. The molecule has 3 heterocycles. The summed E-state index contributed by atoms with van der Waals surface area (Å²) >= 11 is 0. The molecule has 0 aliphatic heterocycles. The van der Waals surface area contributed by atoms with E-state index in [1.807, 2.05) is 0 Å². The second kappa shape index (κ2) is 9.45. The molecule has 4 rings (SSSR count). The topological polar surface area (TPSA) is 116 Å². The Bertz CT molecular complexity index is 1180. The van der Waals surface area contributed by atoms with Gasteiger partial charge in [-0.15, -0.1) is 0 Å². The molecule has 0 aromatic carbocycles. The van der Waals surface area contributed by atoms with Gasteiger partial charge in [-0.3, -0.25) is 4.79 Å². The van der Waals surface area contributed by atoms with Crippen LogP contribution in [0.1, 0.15) is 43.5 Å². The quantitative estimate of drug-likeness (QED) is 0.394. The molecule has 0 unspecified atom stereocenters. The number of carbonyl (C=O) groups excluding carboxylic acids is 1. The van der Waals surface area contributed by atoms with Crippen molar-refractivity contribution in [3.63, 3.8) is 0 Å². The molecule has 182 valence electrons. The van der Waals surface area contributed by atoms with Crippen molar-refractivity contribution in [2.24, 2.45) is 0 Å². The summed E-state index contributed by atoms with van der Waals surface area (Å²) in [5.74, 6) is -1.25. The lowest BCUT2D eigenvalue weighted by molar-refractivity contribution is -0.00177. The first-order chi connectivity index (χ1) is 16.1. The number of hydrogen-bond donors (Lipinski definition) is 4. The Balaban J connectivity index is 1.59. The van der Waals surface area contributed by atoms with Crippen LogP contribution in [-0.2, 0) is 0 Å². The maximum absolute atomic E-state index is 14.4. The van der Waals surface area contributed by atoms with Crippen molar-refractivity contribution in [1.29, 1.82) is 0 Å². The molecule has 3 atom stereocenters. The Morgan fingerprint density at radius 2 is 2.18 bits per heavy atom. The average molecular weight is 477 g/mol. The molecule has 12 heteroatoms. The highest BCUT2D eigenvalue weighted by molar-refractivity contribution is 6.00. The number of rotatable bonds is 8. The van der Waals surface area contributed by atoms with Gasteiger partial charge in [0.25, 0.3) is 5.91 Å². The van der Waals surface area contributed by atoms with Crippen molar-refractivity contribution in [3.05, 3.63) is 42.1 Å². The average Bonchev–Trinajstić information content (AvgIpc) is 3.40. The fourth-order valence-corrected chi connectivity index (χ4v) is 3.67. The van der Waals surface area contributed by atoms with Crippen LogP contribution in [0.4, 0.5) is 30.5 Å². The highest BCUT2D eigenvalue weighted by atomic mass is 19.1. The van der Waals surface area contributed by atoms with Crippen molar-refractivity contribution in [2.75, 3.05) is 17.2 Å². The fraction of sp³-hybridized carbons (Fsp3) is 0.455.